The van der Waals surface area contributed by atoms with Crippen molar-refractivity contribution in [2.24, 2.45) is 0 Å². The van der Waals surface area contributed by atoms with Crippen molar-refractivity contribution in [3.8, 4) is 0 Å². The SMILES string of the molecule is CCCCCN(C(C)C)C1CCCC(NCC)C1. The van der Waals surface area contributed by atoms with E-state index in [1.54, 1.807) is 0 Å². The number of hydrogen-bond acceptors (Lipinski definition) is 2. The van der Waals surface area contributed by atoms with Gasteiger partial charge in [0, 0.05) is 18.1 Å². The summed E-state index contributed by atoms with van der Waals surface area (Å²) in [5, 5.41) is 3.65. The van der Waals surface area contributed by atoms with Gasteiger partial charge in [-0.2, -0.15) is 0 Å². The molecule has 2 unspecified atom stereocenters. The van der Waals surface area contributed by atoms with Crippen LogP contribution >= 0.6 is 0 Å². The van der Waals surface area contributed by atoms with Gasteiger partial charge in [0.25, 0.3) is 0 Å². The van der Waals surface area contributed by atoms with Crippen LogP contribution < -0.4 is 5.32 Å². The Morgan fingerprint density at radius 3 is 2.56 bits per heavy atom. The smallest absolute Gasteiger partial charge is 0.0113 e. The maximum absolute atomic E-state index is 3.65. The van der Waals surface area contributed by atoms with E-state index in [-0.39, 0.29) is 0 Å². The highest BCUT2D eigenvalue weighted by atomic mass is 15.2. The summed E-state index contributed by atoms with van der Waals surface area (Å²) in [6.07, 6.45) is 9.63. The van der Waals surface area contributed by atoms with E-state index in [4.69, 9.17) is 0 Å². The van der Waals surface area contributed by atoms with E-state index in [2.05, 4.69) is 37.9 Å². The molecule has 0 spiro atoms. The molecule has 18 heavy (non-hydrogen) atoms. The number of nitrogens with zero attached hydrogens (tertiary/aromatic N) is 1. The van der Waals surface area contributed by atoms with Crippen LogP contribution in [0.3, 0.4) is 0 Å². The fourth-order valence-electron chi connectivity index (χ4n) is 3.35. The fourth-order valence-corrected chi connectivity index (χ4v) is 3.35. The highest BCUT2D eigenvalue weighted by Gasteiger charge is 2.27. The molecule has 1 fully saturated rings. The maximum atomic E-state index is 3.65. The first kappa shape index (κ1) is 16.0. The monoisotopic (exact) mass is 254 g/mol. The lowest BCUT2D eigenvalue weighted by molar-refractivity contribution is 0.106. The van der Waals surface area contributed by atoms with Crippen molar-refractivity contribution in [1.82, 2.24) is 10.2 Å². The molecule has 1 rings (SSSR count). The maximum Gasteiger partial charge on any atom is 0.0113 e. The molecule has 1 aliphatic rings. The average Bonchev–Trinajstić information content (AvgIpc) is 2.35. The van der Waals surface area contributed by atoms with E-state index in [1.807, 2.05) is 0 Å². The molecule has 0 heterocycles. The summed E-state index contributed by atoms with van der Waals surface area (Å²) in [6, 6.07) is 2.29. The average molecular weight is 254 g/mol. The van der Waals surface area contributed by atoms with E-state index in [1.165, 1.54) is 51.5 Å². The van der Waals surface area contributed by atoms with Gasteiger partial charge in [0.15, 0.2) is 0 Å². The minimum absolute atomic E-state index is 0.701. The van der Waals surface area contributed by atoms with Crippen molar-refractivity contribution in [2.45, 2.75) is 90.8 Å². The largest absolute Gasteiger partial charge is 0.314 e. The predicted molar refractivity (Wildman–Crippen MR) is 81.1 cm³/mol. The molecule has 0 saturated heterocycles. The van der Waals surface area contributed by atoms with Gasteiger partial charge in [0.2, 0.25) is 0 Å². The predicted octanol–water partition coefficient (Wildman–Crippen LogP) is 3.81. The van der Waals surface area contributed by atoms with E-state index in [9.17, 15) is 0 Å². The van der Waals surface area contributed by atoms with Gasteiger partial charge < -0.3 is 5.32 Å². The van der Waals surface area contributed by atoms with E-state index in [0.29, 0.717) is 6.04 Å². The zero-order valence-corrected chi connectivity index (χ0v) is 13.0. The molecule has 0 aromatic rings. The van der Waals surface area contributed by atoms with Gasteiger partial charge in [-0.3, -0.25) is 4.90 Å². The molecule has 0 radical (unpaired) electrons. The van der Waals surface area contributed by atoms with Crippen LogP contribution in [-0.2, 0) is 0 Å². The lowest BCUT2D eigenvalue weighted by atomic mass is 9.89. The van der Waals surface area contributed by atoms with Crippen molar-refractivity contribution in [1.29, 1.82) is 0 Å². The van der Waals surface area contributed by atoms with Crippen LogP contribution in [0.2, 0.25) is 0 Å². The van der Waals surface area contributed by atoms with Crippen LogP contribution in [0.5, 0.6) is 0 Å². The second kappa shape index (κ2) is 8.92. The van der Waals surface area contributed by atoms with Crippen LogP contribution in [0.15, 0.2) is 0 Å². The summed E-state index contributed by atoms with van der Waals surface area (Å²) in [5.41, 5.74) is 0. The Kier molecular flexibility index (Phi) is 7.92. The van der Waals surface area contributed by atoms with Crippen LogP contribution in [0.1, 0.15) is 72.6 Å². The second-order valence-electron chi connectivity index (χ2n) is 6.11. The van der Waals surface area contributed by atoms with E-state index in [0.717, 1.165) is 18.6 Å². The molecular formula is C16H34N2. The summed E-state index contributed by atoms with van der Waals surface area (Å²) in [7, 11) is 0. The molecule has 0 amide bonds. The van der Waals surface area contributed by atoms with Crippen LogP contribution in [-0.4, -0.2) is 36.1 Å². The summed E-state index contributed by atoms with van der Waals surface area (Å²) in [5.74, 6) is 0. The van der Waals surface area contributed by atoms with Gasteiger partial charge in [-0.1, -0.05) is 33.1 Å². The third kappa shape index (κ3) is 5.27. The van der Waals surface area contributed by atoms with Gasteiger partial charge in [-0.25, -0.2) is 0 Å². The minimum atomic E-state index is 0.701. The fraction of sp³-hybridized carbons (Fsp3) is 1.00. The molecule has 2 atom stereocenters. The Morgan fingerprint density at radius 1 is 1.17 bits per heavy atom. The first-order valence-corrected chi connectivity index (χ1v) is 8.18. The van der Waals surface area contributed by atoms with E-state index < -0.39 is 0 Å². The zero-order valence-electron chi connectivity index (χ0n) is 13.0. The zero-order chi connectivity index (χ0) is 13.4. The Balaban J connectivity index is 2.45. The molecular weight excluding hydrogens is 220 g/mol. The van der Waals surface area contributed by atoms with Crippen LogP contribution in [0.25, 0.3) is 0 Å². The van der Waals surface area contributed by atoms with Gasteiger partial charge >= 0.3 is 0 Å². The van der Waals surface area contributed by atoms with Crippen molar-refractivity contribution in [3.63, 3.8) is 0 Å². The quantitative estimate of drug-likeness (QED) is 0.663. The second-order valence-corrected chi connectivity index (χ2v) is 6.11. The lowest BCUT2D eigenvalue weighted by Crippen LogP contribution is -2.47. The lowest BCUT2D eigenvalue weighted by Gasteiger charge is -2.40. The summed E-state index contributed by atoms with van der Waals surface area (Å²) < 4.78 is 0. The van der Waals surface area contributed by atoms with Crippen molar-refractivity contribution in [2.75, 3.05) is 13.1 Å². The van der Waals surface area contributed by atoms with Crippen molar-refractivity contribution in [3.05, 3.63) is 0 Å². The summed E-state index contributed by atoms with van der Waals surface area (Å²) >= 11 is 0. The van der Waals surface area contributed by atoms with Gasteiger partial charge in [-0.05, 0) is 52.6 Å². The van der Waals surface area contributed by atoms with Crippen molar-refractivity contribution < 1.29 is 0 Å². The molecule has 2 nitrogen and oxygen atoms in total. The number of nitrogens with one attached hydrogen (secondary N) is 1. The summed E-state index contributed by atoms with van der Waals surface area (Å²) in [4.78, 5) is 2.76. The first-order chi connectivity index (χ1) is 8.69. The molecule has 1 saturated carbocycles. The van der Waals surface area contributed by atoms with Gasteiger partial charge in [-0.15, -0.1) is 0 Å². The molecule has 1 N–H and O–H groups in total. The Labute approximate surface area is 115 Å². The normalized spacial score (nSPS) is 25.0. The molecule has 0 aromatic carbocycles. The molecule has 0 bridgehead atoms. The highest BCUT2D eigenvalue weighted by molar-refractivity contribution is 4.85. The molecule has 1 aliphatic carbocycles. The highest BCUT2D eigenvalue weighted by Crippen LogP contribution is 2.25. The first-order valence-electron chi connectivity index (χ1n) is 8.18. The third-order valence-electron chi connectivity index (χ3n) is 4.29. The third-order valence-corrected chi connectivity index (χ3v) is 4.29. The number of unbranched alkanes of at least 4 members (excludes halogenated alkanes) is 2. The van der Waals surface area contributed by atoms with Crippen LogP contribution in [0, 0.1) is 0 Å². The molecule has 108 valence electrons. The summed E-state index contributed by atoms with van der Waals surface area (Å²) in [6.45, 7) is 11.7. The minimum Gasteiger partial charge on any atom is -0.314 e. The molecule has 0 aromatic heterocycles. The van der Waals surface area contributed by atoms with Gasteiger partial charge in [0.1, 0.15) is 0 Å². The number of rotatable bonds is 8. The molecule has 0 aliphatic heterocycles. The Morgan fingerprint density at radius 2 is 1.94 bits per heavy atom. The Hall–Kier alpha value is -0.0800. The molecule has 2 heteroatoms. The van der Waals surface area contributed by atoms with E-state index >= 15 is 0 Å². The standard InChI is InChI=1S/C16H34N2/c1-5-7-8-12-18(14(3)4)16-11-9-10-15(13-16)17-6-2/h14-17H,5-13H2,1-4H3. The van der Waals surface area contributed by atoms with Crippen molar-refractivity contribution >= 4 is 0 Å². The van der Waals surface area contributed by atoms with Crippen LogP contribution in [0.4, 0.5) is 0 Å². The number of hydrogen-bond donors (Lipinski definition) is 1. The van der Waals surface area contributed by atoms with Gasteiger partial charge in [0.05, 0.1) is 0 Å². The Bertz CT molecular complexity index is 201. The topological polar surface area (TPSA) is 15.3 Å².